The minimum atomic E-state index is 0.631. The van der Waals surface area contributed by atoms with Crippen molar-refractivity contribution in [1.82, 2.24) is 15.9 Å². The molecular weight excluding hydrogens is 104 g/mol. The van der Waals surface area contributed by atoms with Crippen LogP contribution in [0.1, 0.15) is 0 Å². The number of nitrogens with zero attached hydrogens (tertiary/aromatic N) is 1. The molecule has 0 saturated carbocycles. The highest BCUT2D eigenvalue weighted by molar-refractivity contribution is 4.80. The third-order valence-electron chi connectivity index (χ3n) is 1.47. The van der Waals surface area contributed by atoms with Gasteiger partial charge in [-0.25, -0.2) is 5.01 Å². The van der Waals surface area contributed by atoms with Crippen LogP contribution in [0.15, 0.2) is 0 Å². The lowest BCUT2D eigenvalue weighted by molar-refractivity contribution is 0.0716. The Labute approximate surface area is 49.0 Å². The third-order valence-corrected chi connectivity index (χ3v) is 1.47. The zero-order valence-corrected chi connectivity index (χ0v) is 5.02. The van der Waals surface area contributed by atoms with Crippen molar-refractivity contribution in [2.24, 2.45) is 5.84 Å². The SMILES string of the molecule is CNC1CN(NN)C1. The lowest BCUT2D eigenvalue weighted by atomic mass is 10.2. The van der Waals surface area contributed by atoms with Gasteiger partial charge in [0.05, 0.1) is 0 Å². The Morgan fingerprint density at radius 1 is 1.62 bits per heavy atom. The lowest BCUT2D eigenvalue weighted by Gasteiger charge is -2.37. The molecule has 1 rings (SSSR count). The van der Waals surface area contributed by atoms with Gasteiger partial charge in [0.15, 0.2) is 0 Å². The normalized spacial score (nSPS) is 23.2. The van der Waals surface area contributed by atoms with Crippen molar-refractivity contribution in [3.05, 3.63) is 0 Å². The summed E-state index contributed by atoms with van der Waals surface area (Å²) in [5.74, 6) is 5.10. The molecule has 1 saturated heterocycles. The minimum absolute atomic E-state index is 0.631. The molecule has 0 aromatic carbocycles. The van der Waals surface area contributed by atoms with Gasteiger partial charge in [-0.15, -0.1) is 0 Å². The third kappa shape index (κ3) is 0.976. The molecule has 4 nitrogen and oxygen atoms in total. The van der Waals surface area contributed by atoms with E-state index in [2.05, 4.69) is 10.9 Å². The minimum Gasteiger partial charge on any atom is -0.314 e. The average molecular weight is 116 g/mol. The van der Waals surface area contributed by atoms with Gasteiger partial charge in [-0.3, -0.25) is 5.84 Å². The second kappa shape index (κ2) is 2.41. The zero-order valence-electron chi connectivity index (χ0n) is 5.02. The second-order valence-electron chi connectivity index (χ2n) is 2.02. The first-order chi connectivity index (χ1) is 3.86. The molecule has 0 bridgehead atoms. The molecule has 0 spiro atoms. The fourth-order valence-electron chi connectivity index (χ4n) is 0.767. The van der Waals surface area contributed by atoms with Crippen LogP contribution in [0.4, 0.5) is 0 Å². The van der Waals surface area contributed by atoms with Crippen molar-refractivity contribution in [1.29, 1.82) is 0 Å². The van der Waals surface area contributed by atoms with Crippen molar-refractivity contribution < 1.29 is 0 Å². The summed E-state index contributed by atoms with van der Waals surface area (Å²) in [5.41, 5.74) is 2.56. The van der Waals surface area contributed by atoms with Crippen LogP contribution in [-0.4, -0.2) is 31.2 Å². The van der Waals surface area contributed by atoms with Crippen LogP contribution in [0, 0.1) is 0 Å². The zero-order chi connectivity index (χ0) is 5.98. The lowest BCUT2D eigenvalue weighted by Crippen LogP contribution is -2.63. The standard InChI is InChI=1S/C4H12N4/c1-6-4-2-8(3-4)7-5/h4,6-7H,2-3,5H2,1H3. The summed E-state index contributed by atoms with van der Waals surface area (Å²) >= 11 is 0. The summed E-state index contributed by atoms with van der Waals surface area (Å²) in [7, 11) is 1.96. The molecule has 0 unspecified atom stereocenters. The molecule has 0 aliphatic carbocycles. The van der Waals surface area contributed by atoms with Crippen molar-refractivity contribution in [2.75, 3.05) is 20.1 Å². The van der Waals surface area contributed by atoms with Crippen LogP contribution in [0.3, 0.4) is 0 Å². The van der Waals surface area contributed by atoms with Gasteiger partial charge >= 0.3 is 0 Å². The van der Waals surface area contributed by atoms with Crippen LogP contribution in [-0.2, 0) is 0 Å². The predicted octanol–water partition coefficient (Wildman–Crippen LogP) is -1.73. The van der Waals surface area contributed by atoms with E-state index in [4.69, 9.17) is 5.84 Å². The highest BCUT2D eigenvalue weighted by atomic mass is 15.7. The number of hydrogen-bond acceptors (Lipinski definition) is 4. The summed E-state index contributed by atoms with van der Waals surface area (Å²) in [6.45, 7) is 2.01. The fourth-order valence-corrected chi connectivity index (χ4v) is 0.767. The van der Waals surface area contributed by atoms with Gasteiger partial charge < -0.3 is 5.32 Å². The molecule has 0 aromatic heterocycles. The maximum atomic E-state index is 5.10. The number of nitrogens with two attached hydrogens (primary N) is 1. The molecule has 4 N–H and O–H groups in total. The van der Waals surface area contributed by atoms with E-state index in [0.29, 0.717) is 6.04 Å². The molecule has 8 heavy (non-hydrogen) atoms. The van der Waals surface area contributed by atoms with Gasteiger partial charge in [0.25, 0.3) is 0 Å². The van der Waals surface area contributed by atoms with Gasteiger partial charge in [-0.2, -0.15) is 5.53 Å². The van der Waals surface area contributed by atoms with E-state index in [1.165, 1.54) is 0 Å². The number of hydrogen-bond donors (Lipinski definition) is 3. The molecule has 1 fully saturated rings. The highest BCUT2D eigenvalue weighted by Gasteiger charge is 2.23. The summed E-state index contributed by atoms with van der Waals surface area (Å²) in [6, 6.07) is 0.631. The topological polar surface area (TPSA) is 53.3 Å². The van der Waals surface area contributed by atoms with Crippen LogP contribution in [0.2, 0.25) is 0 Å². The molecule has 4 heteroatoms. The molecule has 0 aromatic rings. The van der Waals surface area contributed by atoms with Crippen molar-refractivity contribution in [2.45, 2.75) is 6.04 Å². The van der Waals surface area contributed by atoms with Gasteiger partial charge in [-0.05, 0) is 7.05 Å². The first-order valence-electron chi connectivity index (χ1n) is 2.75. The van der Waals surface area contributed by atoms with E-state index in [9.17, 15) is 0 Å². The van der Waals surface area contributed by atoms with E-state index in [-0.39, 0.29) is 0 Å². The second-order valence-corrected chi connectivity index (χ2v) is 2.02. The van der Waals surface area contributed by atoms with Crippen LogP contribution >= 0.6 is 0 Å². The van der Waals surface area contributed by atoms with Crippen LogP contribution in [0.25, 0.3) is 0 Å². The largest absolute Gasteiger partial charge is 0.314 e. The molecule has 48 valence electrons. The first-order valence-corrected chi connectivity index (χ1v) is 2.75. The maximum Gasteiger partial charge on any atom is 0.0349 e. The molecule has 0 amide bonds. The quantitative estimate of drug-likeness (QED) is 0.296. The van der Waals surface area contributed by atoms with Gasteiger partial charge in [-0.1, -0.05) is 0 Å². The van der Waals surface area contributed by atoms with E-state index >= 15 is 0 Å². The van der Waals surface area contributed by atoms with E-state index in [1.54, 1.807) is 0 Å². The summed E-state index contributed by atoms with van der Waals surface area (Å²) in [6.07, 6.45) is 0. The summed E-state index contributed by atoms with van der Waals surface area (Å²) in [4.78, 5) is 0. The number of hydrazine groups is 2. The molecule has 1 heterocycles. The number of likely N-dealkylation sites (N-methyl/N-ethyl adjacent to an activating group) is 1. The van der Waals surface area contributed by atoms with Gasteiger partial charge in [0, 0.05) is 19.1 Å². The monoisotopic (exact) mass is 116 g/mol. The molecule has 0 radical (unpaired) electrons. The van der Waals surface area contributed by atoms with Crippen LogP contribution in [0.5, 0.6) is 0 Å². The Kier molecular flexibility index (Phi) is 1.80. The van der Waals surface area contributed by atoms with Gasteiger partial charge in [0.1, 0.15) is 0 Å². The van der Waals surface area contributed by atoms with E-state index < -0.39 is 0 Å². The molecular formula is C4H12N4. The first kappa shape index (κ1) is 5.97. The average Bonchev–Trinajstić information content (AvgIpc) is 1.65. The Balaban J connectivity index is 2.03. The highest BCUT2D eigenvalue weighted by Crippen LogP contribution is 2.00. The molecule has 0 atom stereocenters. The Morgan fingerprint density at radius 2 is 2.25 bits per heavy atom. The summed E-state index contributed by atoms with van der Waals surface area (Å²) < 4.78 is 0. The smallest absolute Gasteiger partial charge is 0.0349 e. The number of nitrogens with one attached hydrogen (secondary N) is 2. The maximum absolute atomic E-state index is 5.10. The Morgan fingerprint density at radius 3 is 2.62 bits per heavy atom. The molecule has 1 aliphatic rings. The molecule has 1 aliphatic heterocycles. The van der Waals surface area contributed by atoms with E-state index in [1.807, 2.05) is 12.1 Å². The van der Waals surface area contributed by atoms with Gasteiger partial charge in [0.2, 0.25) is 0 Å². The Hall–Kier alpha value is -0.160. The predicted molar refractivity (Wildman–Crippen MR) is 31.7 cm³/mol. The Bertz CT molecular complexity index is 60.4. The summed E-state index contributed by atoms with van der Waals surface area (Å²) in [5, 5.41) is 5.07. The fraction of sp³-hybridized carbons (Fsp3) is 1.00. The van der Waals surface area contributed by atoms with Crippen molar-refractivity contribution in [3.8, 4) is 0 Å². The van der Waals surface area contributed by atoms with E-state index in [0.717, 1.165) is 13.1 Å². The van der Waals surface area contributed by atoms with Crippen molar-refractivity contribution in [3.63, 3.8) is 0 Å². The number of rotatable bonds is 2. The van der Waals surface area contributed by atoms with Crippen LogP contribution < -0.4 is 16.7 Å². The van der Waals surface area contributed by atoms with Crippen molar-refractivity contribution >= 4 is 0 Å².